The number of aryl methyl sites for hydroxylation is 1. The summed E-state index contributed by atoms with van der Waals surface area (Å²) in [6.45, 7) is 4.78. The summed E-state index contributed by atoms with van der Waals surface area (Å²) in [5.41, 5.74) is 1.99. The fourth-order valence-electron chi connectivity index (χ4n) is 3.33. The van der Waals surface area contributed by atoms with Crippen LogP contribution in [-0.4, -0.2) is 36.2 Å². The lowest BCUT2D eigenvalue weighted by molar-refractivity contribution is 0.0961. The Bertz CT molecular complexity index is 654. The van der Waals surface area contributed by atoms with Crippen LogP contribution in [0.3, 0.4) is 0 Å². The summed E-state index contributed by atoms with van der Waals surface area (Å²) < 4.78 is 11.2. The van der Waals surface area contributed by atoms with E-state index in [1.807, 2.05) is 31.2 Å². The van der Waals surface area contributed by atoms with Crippen molar-refractivity contribution in [2.24, 2.45) is 0 Å². The smallest absolute Gasteiger partial charge is 0.226 e. The van der Waals surface area contributed by atoms with Crippen LogP contribution in [0, 0.1) is 6.92 Å². The number of piperidine rings is 1. The first-order chi connectivity index (χ1) is 11.7. The van der Waals surface area contributed by atoms with Crippen molar-refractivity contribution in [1.29, 1.82) is 0 Å². The number of ether oxygens (including phenoxy) is 1. The highest BCUT2D eigenvalue weighted by atomic mass is 35.5. The third kappa shape index (κ3) is 4.18. The molecule has 1 atom stereocenters. The molecule has 1 aromatic carbocycles. The molecule has 1 aliphatic heterocycles. The number of aromatic nitrogens is 1. The predicted molar refractivity (Wildman–Crippen MR) is 96.2 cm³/mol. The molecule has 2 aromatic rings. The van der Waals surface area contributed by atoms with Crippen molar-refractivity contribution in [1.82, 2.24) is 9.88 Å². The second kappa shape index (κ2) is 8.15. The van der Waals surface area contributed by atoms with Gasteiger partial charge in [-0.1, -0.05) is 18.0 Å². The van der Waals surface area contributed by atoms with E-state index in [-0.39, 0.29) is 0 Å². The molecule has 1 saturated heterocycles. The van der Waals surface area contributed by atoms with Gasteiger partial charge in [-0.25, -0.2) is 4.98 Å². The molecule has 1 fully saturated rings. The van der Waals surface area contributed by atoms with Gasteiger partial charge in [0.25, 0.3) is 0 Å². The molecule has 4 nitrogen and oxygen atoms in total. The van der Waals surface area contributed by atoms with Crippen LogP contribution in [-0.2, 0) is 11.3 Å². The number of hydrogen-bond acceptors (Lipinski definition) is 4. The highest BCUT2D eigenvalue weighted by Gasteiger charge is 2.24. The maximum atomic E-state index is 5.95. The SMILES string of the molecule is COCC[C@H]1CCCCN1Cc1nc(-c2ccc(Cl)cc2)oc1C. The summed E-state index contributed by atoms with van der Waals surface area (Å²) in [5, 5.41) is 0.719. The number of nitrogens with zero attached hydrogens (tertiary/aromatic N) is 2. The lowest BCUT2D eigenvalue weighted by atomic mass is 9.99. The van der Waals surface area contributed by atoms with Gasteiger partial charge in [-0.05, 0) is 57.0 Å². The largest absolute Gasteiger partial charge is 0.441 e. The second-order valence-corrected chi connectivity index (χ2v) is 6.87. The van der Waals surface area contributed by atoms with Gasteiger partial charge in [-0.15, -0.1) is 0 Å². The summed E-state index contributed by atoms with van der Waals surface area (Å²) in [6.07, 6.45) is 4.88. The second-order valence-electron chi connectivity index (χ2n) is 6.43. The third-order valence-corrected chi connectivity index (χ3v) is 4.99. The fraction of sp³-hybridized carbons (Fsp3) is 0.526. The van der Waals surface area contributed by atoms with E-state index in [2.05, 4.69) is 4.90 Å². The molecule has 0 radical (unpaired) electrons. The first kappa shape index (κ1) is 17.5. The van der Waals surface area contributed by atoms with Gasteiger partial charge in [0.05, 0.1) is 5.69 Å². The van der Waals surface area contributed by atoms with Gasteiger partial charge >= 0.3 is 0 Å². The zero-order valence-electron chi connectivity index (χ0n) is 14.4. The molecule has 130 valence electrons. The number of likely N-dealkylation sites (tertiary alicyclic amines) is 1. The summed E-state index contributed by atoms with van der Waals surface area (Å²) in [6, 6.07) is 8.19. The predicted octanol–water partition coefficient (Wildman–Crippen LogP) is 4.69. The first-order valence-electron chi connectivity index (χ1n) is 8.62. The van der Waals surface area contributed by atoms with Crippen molar-refractivity contribution in [2.75, 3.05) is 20.3 Å². The number of benzene rings is 1. The van der Waals surface area contributed by atoms with Crippen molar-refractivity contribution < 1.29 is 9.15 Å². The van der Waals surface area contributed by atoms with Gasteiger partial charge in [0, 0.05) is 36.9 Å². The first-order valence-corrected chi connectivity index (χ1v) is 9.00. The number of oxazole rings is 1. The molecule has 0 spiro atoms. The van der Waals surface area contributed by atoms with Crippen LogP contribution >= 0.6 is 11.6 Å². The minimum absolute atomic E-state index is 0.578. The summed E-state index contributed by atoms with van der Waals surface area (Å²) in [4.78, 5) is 7.26. The van der Waals surface area contributed by atoms with Crippen molar-refractivity contribution >= 4 is 11.6 Å². The molecule has 0 bridgehead atoms. The molecule has 0 N–H and O–H groups in total. The van der Waals surface area contributed by atoms with Gasteiger partial charge in [0.15, 0.2) is 0 Å². The monoisotopic (exact) mass is 348 g/mol. The topological polar surface area (TPSA) is 38.5 Å². The molecule has 1 aromatic heterocycles. The summed E-state index contributed by atoms with van der Waals surface area (Å²) >= 11 is 5.95. The summed E-state index contributed by atoms with van der Waals surface area (Å²) in [5.74, 6) is 1.57. The zero-order valence-corrected chi connectivity index (χ0v) is 15.2. The van der Waals surface area contributed by atoms with Crippen LogP contribution in [0.25, 0.3) is 11.5 Å². The molecule has 0 amide bonds. The van der Waals surface area contributed by atoms with Gasteiger partial charge in [0.2, 0.25) is 5.89 Å². The highest BCUT2D eigenvalue weighted by molar-refractivity contribution is 6.30. The Hall–Kier alpha value is -1.36. The minimum atomic E-state index is 0.578. The fourth-order valence-corrected chi connectivity index (χ4v) is 3.46. The van der Waals surface area contributed by atoms with E-state index in [4.69, 9.17) is 25.7 Å². The Morgan fingerprint density at radius 2 is 2.08 bits per heavy atom. The maximum absolute atomic E-state index is 5.95. The summed E-state index contributed by atoms with van der Waals surface area (Å²) in [7, 11) is 1.77. The Labute approximate surface area is 148 Å². The Kier molecular flexibility index (Phi) is 5.93. The quantitative estimate of drug-likeness (QED) is 0.758. The molecule has 2 heterocycles. The van der Waals surface area contributed by atoms with E-state index in [1.54, 1.807) is 7.11 Å². The lowest BCUT2D eigenvalue weighted by Gasteiger charge is -2.35. The van der Waals surface area contributed by atoms with E-state index in [0.717, 1.165) is 48.2 Å². The number of halogens is 1. The van der Waals surface area contributed by atoms with E-state index >= 15 is 0 Å². The van der Waals surface area contributed by atoms with Crippen molar-refractivity contribution in [2.45, 2.75) is 45.2 Å². The Balaban J connectivity index is 1.73. The average molecular weight is 349 g/mol. The average Bonchev–Trinajstić information content (AvgIpc) is 2.95. The van der Waals surface area contributed by atoms with Gasteiger partial charge in [-0.3, -0.25) is 4.90 Å². The van der Waals surface area contributed by atoms with Crippen molar-refractivity contribution in [3.63, 3.8) is 0 Å². The van der Waals surface area contributed by atoms with Crippen molar-refractivity contribution in [3.05, 3.63) is 40.7 Å². The Morgan fingerprint density at radius 1 is 1.29 bits per heavy atom. The van der Waals surface area contributed by atoms with E-state index in [1.165, 1.54) is 19.3 Å². The molecule has 24 heavy (non-hydrogen) atoms. The molecular formula is C19H25ClN2O2. The van der Waals surface area contributed by atoms with Crippen LogP contribution < -0.4 is 0 Å². The number of rotatable bonds is 6. The zero-order chi connectivity index (χ0) is 16.9. The highest BCUT2D eigenvalue weighted by Crippen LogP contribution is 2.26. The van der Waals surface area contributed by atoms with Gasteiger partial charge < -0.3 is 9.15 Å². The molecule has 0 aliphatic carbocycles. The molecule has 3 rings (SSSR count). The molecular weight excluding hydrogens is 324 g/mol. The Morgan fingerprint density at radius 3 is 2.83 bits per heavy atom. The van der Waals surface area contributed by atoms with Gasteiger partial charge in [0.1, 0.15) is 5.76 Å². The van der Waals surface area contributed by atoms with Crippen LogP contribution in [0.4, 0.5) is 0 Å². The number of methoxy groups -OCH3 is 1. The maximum Gasteiger partial charge on any atom is 0.226 e. The number of hydrogen-bond donors (Lipinski definition) is 0. The van der Waals surface area contributed by atoms with E-state index in [9.17, 15) is 0 Å². The molecule has 0 saturated carbocycles. The minimum Gasteiger partial charge on any atom is -0.441 e. The van der Waals surface area contributed by atoms with Crippen LogP contribution in [0.1, 0.15) is 37.1 Å². The van der Waals surface area contributed by atoms with E-state index < -0.39 is 0 Å². The molecule has 1 aliphatic rings. The van der Waals surface area contributed by atoms with Crippen LogP contribution in [0.5, 0.6) is 0 Å². The normalized spacial score (nSPS) is 18.9. The van der Waals surface area contributed by atoms with Crippen LogP contribution in [0.2, 0.25) is 5.02 Å². The van der Waals surface area contributed by atoms with Crippen LogP contribution in [0.15, 0.2) is 28.7 Å². The van der Waals surface area contributed by atoms with E-state index in [0.29, 0.717) is 11.9 Å². The standard InChI is InChI=1S/C19H25ClN2O2/c1-14-18(13-22-11-4-3-5-17(22)10-12-23-2)21-19(24-14)15-6-8-16(20)9-7-15/h6-9,17H,3-5,10-13H2,1-2H3/t17-/m1/s1. The van der Waals surface area contributed by atoms with Gasteiger partial charge in [-0.2, -0.15) is 0 Å². The third-order valence-electron chi connectivity index (χ3n) is 4.74. The molecule has 0 unspecified atom stereocenters. The molecule has 5 heteroatoms. The van der Waals surface area contributed by atoms with Crippen molar-refractivity contribution in [3.8, 4) is 11.5 Å². The lowest BCUT2D eigenvalue weighted by Crippen LogP contribution is -2.39.